The van der Waals surface area contributed by atoms with Crippen molar-refractivity contribution in [2.45, 2.75) is 25.7 Å². The third-order valence-corrected chi connectivity index (χ3v) is 4.85. The third kappa shape index (κ3) is 3.71. The molecule has 4 rings (SSSR count). The topological polar surface area (TPSA) is 84.2 Å². The standard InChI is InChI=1S/C20H20FN5O2/c1-13-9-18(28-25-13)15-10-22-12-23-19(15)14-5-4-8-26(11-14)20(27)24-17-7-3-2-6-16(17)21/h2-3,6-7,9-10,12,14H,4-5,8,11H2,1H3,(H,24,27)/t14-/m1/s1. The van der Waals surface area contributed by atoms with E-state index in [9.17, 15) is 9.18 Å². The minimum absolute atomic E-state index is 0.0310. The summed E-state index contributed by atoms with van der Waals surface area (Å²) in [6, 6.07) is 7.66. The molecule has 1 saturated heterocycles. The van der Waals surface area contributed by atoms with Gasteiger partial charge in [0.05, 0.1) is 22.6 Å². The lowest BCUT2D eigenvalue weighted by Gasteiger charge is -2.33. The van der Waals surface area contributed by atoms with Crippen molar-refractivity contribution < 1.29 is 13.7 Å². The molecule has 0 radical (unpaired) electrons. The fourth-order valence-electron chi connectivity index (χ4n) is 3.49. The predicted molar refractivity (Wildman–Crippen MR) is 101 cm³/mol. The van der Waals surface area contributed by atoms with Crippen molar-refractivity contribution in [3.63, 3.8) is 0 Å². The van der Waals surface area contributed by atoms with E-state index in [2.05, 4.69) is 20.4 Å². The number of benzene rings is 1. The molecule has 2 aromatic heterocycles. The Hall–Kier alpha value is -3.29. The lowest BCUT2D eigenvalue weighted by atomic mass is 9.91. The molecule has 1 aliphatic rings. The Labute approximate surface area is 161 Å². The van der Waals surface area contributed by atoms with Gasteiger partial charge >= 0.3 is 6.03 Å². The van der Waals surface area contributed by atoms with E-state index in [-0.39, 0.29) is 17.6 Å². The van der Waals surface area contributed by atoms with Crippen LogP contribution in [0.1, 0.15) is 30.1 Å². The number of aryl methyl sites for hydroxylation is 1. The van der Waals surface area contributed by atoms with Crippen molar-refractivity contribution in [1.82, 2.24) is 20.0 Å². The molecule has 1 aliphatic heterocycles. The van der Waals surface area contributed by atoms with E-state index in [4.69, 9.17) is 4.52 Å². The van der Waals surface area contributed by atoms with Crippen molar-refractivity contribution in [3.8, 4) is 11.3 Å². The number of carbonyl (C=O) groups is 1. The number of amides is 2. The first-order chi connectivity index (χ1) is 13.6. The number of nitrogens with one attached hydrogen (secondary N) is 1. The van der Waals surface area contributed by atoms with Gasteiger partial charge in [0.2, 0.25) is 0 Å². The minimum atomic E-state index is -0.455. The van der Waals surface area contributed by atoms with E-state index in [0.29, 0.717) is 18.8 Å². The van der Waals surface area contributed by atoms with Gasteiger partial charge < -0.3 is 14.7 Å². The van der Waals surface area contributed by atoms with Crippen LogP contribution in [0.25, 0.3) is 11.3 Å². The number of aromatic nitrogens is 3. The van der Waals surface area contributed by atoms with Gasteiger partial charge in [-0.3, -0.25) is 0 Å². The number of para-hydroxylation sites is 1. The molecular weight excluding hydrogens is 361 g/mol. The highest BCUT2D eigenvalue weighted by molar-refractivity contribution is 5.89. The van der Waals surface area contributed by atoms with E-state index < -0.39 is 5.82 Å². The molecule has 1 fully saturated rings. The molecule has 0 spiro atoms. The maximum atomic E-state index is 13.8. The van der Waals surface area contributed by atoms with Crippen molar-refractivity contribution >= 4 is 11.7 Å². The number of hydrogen-bond donors (Lipinski definition) is 1. The Kier molecular flexibility index (Phi) is 5.01. The summed E-state index contributed by atoms with van der Waals surface area (Å²) in [6.45, 7) is 2.95. The molecule has 1 atom stereocenters. The lowest BCUT2D eigenvalue weighted by molar-refractivity contribution is 0.192. The van der Waals surface area contributed by atoms with Crippen molar-refractivity contribution in [2.75, 3.05) is 18.4 Å². The normalized spacial score (nSPS) is 16.8. The molecule has 7 nitrogen and oxygen atoms in total. The minimum Gasteiger partial charge on any atom is -0.356 e. The number of nitrogens with zero attached hydrogens (tertiary/aromatic N) is 4. The van der Waals surface area contributed by atoms with Gasteiger partial charge in [0.15, 0.2) is 5.76 Å². The second kappa shape index (κ2) is 7.75. The van der Waals surface area contributed by atoms with Crippen LogP contribution in [0.15, 0.2) is 47.4 Å². The first-order valence-corrected chi connectivity index (χ1v) is 9.16. The van der Waals surface area contributed by atoms with Gasteiger partial charge in [-0.1, -0.05) is 17.3 Å². The van der Waals surface area contributed by atoms with Crippen LogP contribution in [0, 0.1) is 12.7 Å². The van der Waals surface area contributed by atoms with E-state index in [1.807, 2.05) is 13.0 Å². The summed E-state index contributed by atoms with van der Waals surface area (Å²) in [4.78, 5) is 22.9. The second-order valence-electron chi connectivity index (χ2n) is 6.85. The molecule has 0 saturated carbocycles. The van der Waals surface area contributed by atoms with E-state index in [1.54, 1.807) is 29.3 Å². The number of urea groups is 1. The van der Waals surface area contributed by atoms with Crippen LogP contribution in [0.2, 0.25) is 0 Å². The Balaban J connectivity index is 1.53. The lowest BCUT2D eigenvalue weighted by Crippen LogP contribution is -2.42. The molecule has 0 unspecified atom stereocenters. The summed E-state index contributed by atoms with van der Waals surface area (Å²) < 4.78 is 19.2. The van der Waals surface area contributed by atoms with Gasteiger partial charge in [0.1, 0.15) is 12.1 Å². The van der Waals surface area contributed by atoms with Crippen LogP contribution in [0.4, 0.5) is 14.9 Å². The highest BCUT2D eigenvalue weighted by atomic mass is 19.1. The summed E-state index contributed by atoms with van der Waals surface area (Å²) in [5, 5.41) is 6.59. The fourth-order valence-corrected chi connectivity index (χ4v) is 3.49. The molecule has 1 N–H and O–H groups in total. The zero-order chi connectivity index (χ0) is 19.5. The van der Waals surface area contributed by atoms with E-state index >= 15 is 0 Å². The molecule has 2 amide bonds. The van der Waals surface area contributed by atoms with Crippen LogP contribution >= 0.6 is 0 Å². The van der Waals surface area contributed by atoms with Crippen LogP contribution < -0.4 is 5.32 Å². The van der Waals surface area contributed by atoms with Gasteiger partial charge in [-0.05, 0) is 31.9 Å². The quantitative estimate of drug-likeness (QED) is 0.742. The largest absolute Gasteiger partial charge is 0.356 e. The van der Waals surface area contributed by atoms with Crippen LogP contribution in [-0.4, -0.2) is 39.1 Å². The van der Waals surface area contributed by atoms with Crippen molar-refractivity contribution in [3.05, 3.63) is 60.1 Å². The molecule has 28 heavy (non-hydrogen) atoms. The maximum absolute atomic E-state index is 13.8. The number of carbonyl (C=O) groups excluding carboxylic acids is 1. The molecule has 0 bridgehead atoms. The highest BCUT2D eigenvalue weighted by Crippen LogP contribution is 2.33. The summed E-state index contributed by atoms with van der Waals surface area (Å²) in [6.07, 6.45) is 4.93. The van der Waals surface area contributed by atoms with E-state index in [0.717, 1.165) is 29.8 Å². The zero-order valence-corrected chi connectivity index (χ0v) is 15.4. The summed E-state index contributed by atoms with van der Waals surface area (Å²) in [5.74, 6) is 0.188. The number of rotatable bonds is 3. The Morgan fingerprint density at radius 2 is 2.21 bits per heavy atom. The summed E-state index contributed by atoms with van der Waals surface area (Å²) >= 11 is 0. The molecule has 1 aromatic carbocycles. The molecule has 144 valence electrons. The Bertz CT molecular complexity index is 990. The third-order valence-electron chi connectivity index (χ3n) is 4.85. The molecule has 3 aromatic rings. The smallest absolute Gasteiger partial charge is 0.321 e. The first kappa shape index (κ1) is 18.1. The molecule has 8 heteroatoms. The van der Waals surface area contributed by atoms with Crippen LogP contribution in [0.5, 0.6) is 0 Å². The monoisotopic (exact) mass is 381 g/mol. The van der Waals surface area contributed by atoms with E-state index in [1.165, 1.54) is 12.4 Å². The van der Waals surface area contributed by atoms with Gasteiger partial charge in [-0.15, -0.1) is 0 Å². The van der Waals surface area contributed by atoms with Gasteiger partial charge in [-0.2, -0.15) is 0 Å². The van der Waals surface area contributed by atoms with Gasteiger partial charge in [0.25, 0.3) is 0 Å². The predicted octanol–water partition coefficient (Wildman–Crippen LogP) is 3.99. The van der Waals surface area contributed by atoms with Crippen LogP contribution in [-0.2, 0) is 0 Å². The Morgan fingerprint density at radius 3 is 3.00 bits per heavy atom. The summed E-state index contributed by atoms with van der Waals surface area (Å²) in [7, 11) is 0. The van der Waals surface area contributed by atoms with Crippen molar-refractivity contribution in [2.24, 2.45) is 0 Å². The van der Waals surface area contributed by atoms with Gasteiger partial charge in [-0.25, -0.2) is 19.2 Å². The molecule has 0 aliphatic carbocycles. The highest BCUT2D eigenvalue weighted by Gasteiger charge is 2.28. The fraction of sp³-hybridized carbons (Fsp3) is 0.300. The maximum Gasteiger partial charge on any atom is 0.321 e. The summed E-state index contributed by atoms with van der Waals surface area (Å²) in [5.41, 5.74) is 2.56. The number of piperidine rings is 1. The second-order valence-corrected chi connectivity index (χ2v) is 6.85. The van der Waals surface area contributed by atoms with Gasteiger partial charge in [0, 0.05) is 31.3 Å². The average molecular weight is 381 g/mol. The number of halogens is 1. The van der Waals surface area contributed by atoms with Crippen molar-refractivity contribution in [1.29, 1.82) is 0 Å². The number of anilines is 1. The first-order valence-electron chi connectivity index (χ1n) is 9.16. The Morgan fingerprint density at radius 1 is 1.36 bits per heavy atom. The number of likely N-dealkylation sites (tertiary alicyclic amines) is 1. The molecular formula is C20H20FN5O2. The molecule has 3 heterocycles. The zero-order valence-electron chi connectivity index (χ0n) is 15.4. The van der Waals surface area contributed by atoms with Crippen LogP contribution in [0.3, 0.4) is 0 Å². The average Bonchev–Trinajstić information content (AvgIpc) is 3.16. The number of hydrogen-bond acceptors (Lipinski definition) is 5. The SMILES string of the molecule is Cc1cc(-c2cncnc2[C@@H]2CCCN(C(=O)Nc3ccccc3F)C2)on1.